The molecule has 3 aromatic rings. The van der Waals surface area contributed by atoms with Crippen molar-refractivity contribution in [1.82, 2.24) is 5.43 Å². The van der Waals surface area contributed by atoms with E-state index in [1.165, 1.54) is 6.21 Å². The third-order valence-electron chi connectivity index (χ3n) is 4.00. The molecular formula is C18H16BrN3O4. The molecule has 2 aromatic heterocycles. The SMILES string of the molecule is O=C(N/N=C/c1ccc(N2CCOCC2)o1)c1cc2cc(Br)ccc2o1. The number of halogens is 1. The van der Waals surface area contributed by atoms with Crippen molar-refractivity contribution < 1.29 is 18.4 Å². The summed E-state index contributed by atoms with van der Waals surface area (Å²) in [6.07, 6.45) is 1.46. The van der Waals surface area contributed by atoms with Gasteiger partial charge < -0.3 is 18.5 Å². The molecular weight excluding hydrogens is 402 g/mol. The third-order valence-corrected chi connectivity index (χ3v) is 4.49. The van der Waals surface area contributed by atoms with E-state index >= 15 is 0 Å². The van der Waals surface area contributed by atoms with E-state index in [-0.39, 0.29) is 5.76 Å². The van der Waals surface area contributed by atoms with Crippen LogP contribution in [-0.4, -0.2) is 38.4 Å². The van der Waals surface area contributed by atoms with E-state index in [2.05, 4.69) is 31.4 Å². The maximum Gasteiger partial charge on any atom is 0.307 e. The summed E-state index contributed by atoms with van der Waals surface area (Å²) < 4.78 is 17.5. The number of furan rings is 2. The number of morpholine rings is 1. The lowest BCUT2D eigenvalue weighted by Crippen LogP contribution is -2.35. The van der Waals surface area contributed by atoms with Gasteiger partial charge in [-0.25, -0.2) is 5.43 Å². The van der Waals surface area contributed by atoms with E-state index in [0.29, 0.717) is 24.6 Å². The lowest BCUT2D eigenvalue weighted by Gasteiger charge is -2.26. The summed E-state index contributed by atoms with van der Waals surface area (Å²) >= 11 is 3.39. The fraction of sp³-hybridized carbons (Fsp3) is 0.222. The van der Waals surface area contributed by atoms with Crippen LogP contribution in [0.15, 0.2) is 54.8 Å². The van der Waals surface area contributed by atoms with Crippen LogP contribution in [0.5, 0.6) is 0 Å². The Bertz CT molecular complexity index is 956. The zero-order valence-electron chi connectivity index (χ0n) is 13.8. The van der Waals surface area contributed by atoms with Gasteiger partial charge in [0.2, 0.25) is 0 Å². The number of amides is 1. The fourth-order valence-electron chi connectivity index (χ4n) is 2.70. The lowest BCUT2D eigenvalue weighted by atomic mass is 10.2. The molecule has 7 nitrogen and oxygen atoms in total. The van der Waals surface area contributed by atoms with Crippen molar-refractivity contribution in [1.29, 1.82) is 0 Å². The van der Waals surface area contributed by atoms with Crippen LogP contribution in [0.1, 0.15) is 16.3 Å². The van der Waals surface area contributed by atoms with Gasteiger partial charge in [-0.3, -0.25) is 4.79 Å². The standard InChI is InChI=1S/C18H16BrN3O4/c19-13-1-3-15-12(9-13)10-16(26-15)18(23)21-20-11-14-2-4-17(25-14)22-5-7-24-8-6-22/h1-4,9-11H,5-8H2,(H,21,23)/b20-11+. The van der Waals surface area contributed by atoms with Crippen LogP contribution >= 0.6 is 15.9 Å². The van der Waals surface area contributed by atoms with E-state index in [1.807, 2.05) is 18.2 Å². The van der Waals surface area contributed by atoms with Crippen LogP contribution in [0.2, 0.25) is 0 Å². The molecule has 0 spiro atoms. The zero-order chi connectivity index (χ0) is 17.9. The van der Waals surface area contributed by atoms with Crippen LogP contribution in [0.25, 0.3) is 11.0 Å². The lowest BCUT2D eigenvalue weighted by molar-refractivity contribution is 0.0929. The van der Waals surface area contributed by atoms with Gasteiger partial charge in [0.1, 0.15) is 11.3 Å². The normalized spacial score (nSPS) is 15.0. The highest BCUT2D eigenvalue weighted by atomic mass is 79.9. The van der Waals surface area contributed by atoms with Crippen molar-refractivity contribution in [3.8, 4) is 0 Å². The van der Waals surface area contributed by atoms with Gasteiger partial charge in [0.25, 0.3) is 0 Å². The second-order valence-electron chi connectivity index (χ2n) is 5.77. The molecule has 3 heterocycles. The number of benzene rings is 1. The fourth-order valence-corrected chi connectivity index (χ4v) is 3.08. The molecule has 1 aliphatic heterocycles. The summed E-state index contributed by atoms with van der Waals surface area (Å²) in [5.41, 5.74) is 3.09. The molecule has 1 saturated heterocycles. The van der Waals surface area contributed by atoms with E-state index in [1.54, 1.807) is 18.2 Å². The minimum Gasteiger partial charge on any atom is -0.451 e. The van der Waals surface area contributed by atoms with Crippen LogP contribution < -0.4 is 10.3 Å². The number of ether oxygens (including phenoxy) is 1. The molecule has 26 heavy (non-hydrogen) atoms. The Hall–Kier alpha value is -2.58. The topological polar surface area (TPSA) is 80.2 Å². The number of nitrogens with zero attached hydrogens (tertiary/aromatic N) is 2. The Morgan fingerprint density at radius 3 is 2.85 bits per heavy atom. The molecule has 1 aromatic carbocycles. The summed E-state index contributed by atoms with van der Waals surface area (Å²) in [5.74, 6) is 1.10. The van der Waals surface area contributed by atoms with E-state index < -0.39 is 5.91 Å². The molecule has 1 N–H and O–H groups in total. The Balaban J connectivity index is 1.39. The maximum atomic E-state index is 12.2. The van der Waals surface area contributed by atoms with Gasteiger partial charge in [-0.1, -0.05) is 15.9 Å². The molecule has 134 valence electrons. The first-order valence-electron chi connectivity index (χ1n) is 8.14. The minimum atomic E-state index is -0.423. The first-order chi connectivity index (χ1) is 12.7. The first-order valence-corrected chi connectivity index (χ1v) is 8.93. The van der Waals surface area contributed by atoms with Crippen LogP contribution in [0, 0.1) is 0 Å². The Kier molecular flexibility index (Phi) is 4.77. The number of nitrogens with one attached hydrogen (secondary N) is 1. The summed E-state index contributed by atoms with van der Waals surface area (Å²) in [7, 11) is 0. The quantitative estimate of drug-likeness (QED) is 0.519. The van der Waals surface area contributed by atoms with Crippen molar-refractivity contribution in [3.05, 3.63) is 52.4 Å². The van der Waals surface area contributed by atoms with E-state index in [9.17, 15) is 4.79 Å². The Morgan fingerprint density at radius 1 is 1.15 bits per heavy atom. The smallest absolute Gasteiger partial charge is 0.307 e. The average Bonchev–Trinajstić information content (AvgIpc) is 3.29. The third kappa shape index (κ3) is 3.66. The number of carbonyl (C=O) groups is 1. The highest BCUT2D eigenvalue weighted by molar-refractivity contribution is 9.10. The Labute approximate surface area is 157 Å². The molecule has 0 atom stereocenters. The van der Waals surface area contributed by atoms with Crippen molar-refractivity contribution >= 4 is 44.9 Å². The number of fused-ring (bicyclic) bond motifs is 1. The second kappa shape index (κ2) is 7.35. The molecule has 0 radical (unpaired) electrons. The number of anilines is 1. The maximum absolute atomic E-state index is 12.2. The molecule has 1 amide bonds. The number of carbonyl (C=O) groups excluding carboxylic acids is 1. The predicted octanol–water partition coefficient (Wildman–Crippen LogP) is 3.39. The van der Waals surface area contributed by atoms with Crippen molar-refractivity contribution in [3.63, 3.8) is 0 Å². The largest absolute Gasteiger partial charge is 0.451 e. The van der Waals surface area contributed by atoms with Crippen LogP contribution in [0.3, 0.4) is 0 Å². The molecule has 0 unspecified atom stereocenters. The summed E-state index contributed by atoms with van der Waals surface area (Å²) in [6.45, 7) is 2.97. The summed E-state index contributed by atoms with van der Waals surface area (Å²) in [4.78, 5) is 14.3. The van der Waals surface area contributed by atoms with Gasteiger partial charge in [-0.15, -0.1) is 0 Å². The van der Waals surface area contributed by atoms with Gasteiger partial charge in [0.05, 0.1) is 19.4 Å². The van der Waals surface area contributed by atoms with E-state index in [4.69, 9.17) is 13.6 Å². The highest BCUT2D eigenvalue weighted by Crippen LogP contribution is 2.23. The molecule has 0 bridgehead atoms. The average molecular weight is 418 g/mol. The second-order valence-corrected chi connectivity index (χ2v) is 6.68. The zero-order valence-corrected chi connectivity index (χ0v) is 15.4. The van der Waals surface area contributed by atoms with Crippen LogP contribution in [0.4, 0.5) is 5.88 Å². The molecule has 1 fully saturated rings. The van der Waals surface area contributed by atoms with Gasteiger partial charge >= 0.3 is 5.91 Å². The van der Waals surface area contributed by atoms with Gasteiger partial charge in [0, 0.05) is 29.0 Å². The van der Waals surface area contributed by atoms with Crippen molar-refractivity contribution in [2.24, 2.45) is 5.10 Å². The van der Waals surface area contributed by atoms with Gasteiger partial charge in [-0.2, -0.15) is 5.10 Å². The van der Waals surface area contributed by atoms with E-state index in [0.717, 1.165) is 28.8 Å². The summed E-state index contributed by atoms with van der Waals surface area (Å²) in [5, 5.41) is 4.78. The highest BCUT2D eigenvalue weighted by Gasteiger charge is 2.14. The monoisotopic (exact) mass is 417 g/mol. The number of rotatable bonds is 4. The molecule has 0 saturated carbocycles. The minimum absolute atomic E-state index is 0.198. The number of hydrogen-bond acceptors (Lipinski definition) is 6. The molecule has 4 rings (SSSR count). The first kappa shape index (κ1) is 16.9. The number of hydrazone groups is 1. The van der Waals surface area contributed by atoms with Crippen LogP contribution in [-0.2, 0) is 4.74 Å². The van der Waals surface area contributed by atoms with Crippen molar-refractivity contribution in [2.45, 2.75) is 0 Å². The van der Waals surface area contributed by atoms with Crippen molar-refractivity contribution in [2.75, 3.05) is 31.2 Å². The Morgan fingerprint density at radius 2 is 2.00 bits per heavy atom. The summed E-state index contributed by atoms with van der Waals surface area (Å²) in [6, 6.07) is 10.9. The van der Waals surface area contributed by atoms with Gasteiger partial charge in [-0.05, 0) is 30.3 Å². The molecule has 8 heteroatoms. The van der Waals surface area contributed by atoms with Gasteiger partial charge in [0.15, 0.2) is 11.6 Å². The molecule has 1 aliphatic rings. The number of hydrogen-bond donors (Lipinski definition) is 1. The predicted molar refractivity (Wildman–Crippen MR) is 101 cm³/mol. The molecule has 0 aliphatic carbocycles.